The monoisotopic (exact) mass is 381 g/mol. The van der Waals surface area contributed by atoms with E-state index in [9.17, 15) is 4.79 Å². The summed E-state index contributed by atoms with van der Waals surface area (Å²) in [4.78, 5) is 21.4. The molecule has 3 aliphatic rings. The van der Waals surface area contributed by atoms with Gasteiger partial charge in [0.1, 0.15) is 0 Å². The highest BCUT2D eigenvalue weighted by Gasteiger charge is 2.25. The number of anilines is 2. The summed E-state index contributed by atoms with van der Waals surface area (Å²) in [7, 11) is 0. The first-order chi connectivity index (χ1) is 13.7. The molecule has 0 atom stereocenters. The maximum absolute atomic E-state index is 12.1. The highest BCUT2D eigenvalue weighted by atomic mass is 16.5. The number of hydrogen-bond donors (Lipinski definition) is 3. The van der Waals surface area contributed by atoms with Gasteiger partial charge in [-0.15, -0.1) is 0 Å². The van der Waals surface area contributed by atoms with Crippen molar-refractivity contribution in [3.63, 3.8) is 0 Å². The van der Waals surface area contributed by atoms with E-state index in [0.29, 0.717) is 47.3 Å². The van der Waals surface area contributed by atoms with E-state index >= 15 is 0 Å². The zero-order valence-electron chi connectivity index (χ0n) is 15.6. The molecule has 2 aliphatic heterocycles. The molecule has 1 aliphatic carbocycles. The molecule has 3 N–H and O–H groups in total. The molecule has 0 radical (unpaired) electrons. The number of carbonyl (C=O) groups excluding carboxylic acids is 1. The first-order valence-corrected chi connectivity index (χ1v) is 9.72. The van der Waals surface area contributed by atoms with Gasteiger partial charge in [0, 0.05) is 48.6 Å². The fourth-order valence-corrected chi connectivity index (χ4v) is 3.49. The smallest absolute Gasteiger partial charge is 0.251 e. The van der Waals surface area contributed by atoms with Crippen molar-refractivity contribution in [1.82, 2.24) is 24.9 Å². The molecule has 0 bridgehead atoms. The maximum Gasteiger partial charge on any atom is 0.251 e. The zero-order chi connectivity index (χ0) is 19.1. The van der Waals surface area contributed by atoms with E-state index < -0.39 is 0 Å². The lowest BCUT2D eigenvalue weighted by atomic mass is 10.1. The molecule has 9 nitrogen and oxygen atoms in total. The Bertz CT molecular complexity index is 970. The number of ether oxygens (including phenoxy) is 1. The molecule has 4 heterocycles. The second-order valence-corrected chi connectivity index (χ2v) is 7.56. The predicted octanol–water partition coefficient (Wildman–Crippen LogP) is 1.71. The summed E-state index contributed by atoms with van der Waals surface area (Å²) in [6.45, 7) is 5.32. The number of carbonyl (C=O) groups is 1. The molecule has 28 heavy (non-hydrogen) atoms. The van der Waals surface area contributed by atoms with Crippen molar-refractivity contribution >= 4 is 29.5 Å². The Morgan fingerprint density at radius 1 is 1.18 bits per heavy atom. The first-order valence-electron chi connectivity index (χ1n) is 9.72. The van der Waals surface area contributed by atoms with E-state index in [4.69, 9.17) is 9.72 Å². The summed E-state index contributed by atoms with van der Waals surface area (Å²) >= 11 is 0. The Morgan fingerprint density at radius 2 is 1.96 bits per heavy atom. The molecule has 5 rings (SSSR count). The van der Waals surface area contributed by atoms with Gasteiger partial charge in [0.2, 0.25) is 11.9 Å². The Kier molecular flexibility index (Phi) is 4.23. The van der Waals surface area contributed by atoms with Crippen LogP contribution in [0, 0.1) is 0 Å². The van der Waals surface area contributed by atoms with Crippen LogP contribution in [0.4, 0.5) is 11.9 Å². The van der Waals surface area contributed by atoms with Crippen molar-refractivity contribution in [1.29, 1.82) is 0 Å². The summed E-state index contributed by atoms with van der Waals surface area (Å²) in [5.41, 5.74) is 2.83. The molecule has 2 aromatic rings. The summed E-state index contributed by atoms with van der Waals surface area (Å²) < 4.78 is 7.14. The highest BCUT2D eigenvalue weighted by molar-refractivity contribution is 6.02. The Labute approximate surface area is 162 Å². The number of rotatable bonds is 5. The van der Waals surface area contributed by atoms with Gasteiger partial charge >= 0.3 is 0 Å². The second kappa shape index (κ2) is 6.90. The molecule has 0 aromatic carbocycles. The second-order valence-electron chi connectivity index (χ2n) is 7.56. The van der Waals surface area contributed by atoms with Gasteiger partial charge in [-0.3, -0.25) is 4.79 Å². The first kappa shape index (κ1) is 17.2. The van der Waals surface area contributed by atoms with Crippen LogP contribution in [-0.4, -0.2) is 50.8 Å². The van der Waals surface area contributed by atoms with Gasteiger partial charge in [-0.05, 0) is 31.8 Å². The van der Waals surface area contributed by atoms with Crippen molar-refractivity contribution in [2.75, 3.05) is 23.8 Å². The highest BCUT2D eigenvalue weighted by Crippen LogP contribution is 2.27. The van der Waals surface area contributed by atoms with Crippen LogP contribution in [0.2, 0.25) is 0 Å². The Hall–Kier alpha value is -2.94. The molecule has 1 saturated carbocycles. The third-order valence-electron chi connectivity index (χ3n) is 5.18. The van der Waals surface area contributed by atoms with Gasteiger partial charge in [-0.25, -0.2) is 0 Å². The van der Waals surface area contributed by atoms with E-state index in [0.717, 1.165) is 44.5 Å². The molecule has 2 saturated heterocycles. The van der Waals surface area contributed by atoms with Crippen LogP contribution >= 0.6 is 0 Å². The quantitative estimate of drug-likeness (QED) is 0.677. The van der Waals surface area contributed by atoms with Crippen LogP contribution in [0.5, 0.6) is 0 Å². The molecular formula is C19H23N7O2. The number of amides is 1. The van der Waals surface area contributed by atoms with Crippen LogP contribution in [0.15, 0.2) is 24.0 Å². The van der Waals surface area contributed by atoms with E-state index in [1.165, 1.54) is 0 Å². The number of fused-ring (bicyclic) bond motifs is 1. The van der Waals surface area contributed by atoms with Crippen molar-refractivity contribution in [3.05, 3.63) is 29.6 Å². The maximum atomic E-state index is 12.1. The number of aromatic nitrogens is 4. The van der Waals surface area contributed by atoms with Gasteiger partial charge in [0.15, 0.2) is 5.65 Å². The number of hydrogen-bond acceptors (Lipinski definition) is 7. The third kappa shape index (κ3) is 3.45. The third-order valence-corrected chi connectivity index (χ3v) is 5.18. The minimum absolute atomic E-state index is 0.115. The molecule has 0 spiro atoms. The van der Waals surface area contributed by atoms with Gasteiger partial charge in [0.25, 0.3) is 5.91 Å². The van der Waals surface area contributed by atoms with Gasteiger partial charge in [-0.1, -0.05) is 6.58 Å². The Balaban J connectivity index is 1.52. The summed E-state index contributed by atoms with van der Waals surface area (Å²) in [6.07, 6.45) is 8.20. The van der Waals surface area contributed by atoms with Crippen molar-refractivity contribution in [2.24, 2.45) is 0 Å². The van der Waals surface area contributed by atoms with Crippen molar-refractivity contribution < 1.29 is 9.53 Å². The van der Waals surface area contributed by atoms with Gasteiger partial charge in [-0.2, -0.15) is 19.6 Å². The van der Waals surface area contributed by atoms with Gasteiger partial charge in [0.05, 0.1) is 6.20 Å². The predicted molar refractivity (Wildman–Crippen MR) is 105 cm³/mol. The fraction of sp³-hybridized carbons (Fsp3) is 0.474. The minimum Gasteiger partial charge on any atom is -0.381 e. The zero-order valence-corrected chi connectivity index (χ0v) is 15.6. The van der Waals surface area contributed by atoms with Gasteiger partial charge < -0.3 is 20.7 Å². The van der Waals surface area contributed by atoms with Crippen LogP contribution < -0.4 is 16.0 Å². The van der Waals surface area contributed by atoms with Crippen molar-refractivity contribution in [2.45, 2.75) is 44.2 Å². The topological polar surface area (TPSA) is 105 Å². The average molecular weight is 381 g/mol. The lowest BCUT2D eigenvalue weighted by Crippen LogP contribution is -2.29. The average Bonchev–Trinajstić information content (AvgIpc) is 3.32. The van der Waals surface area contributed by atoms with Crippen LogP contribution in [0.3, 0.4) is 0 Å². The molecule has 3 fully saturated rings. The van der Waals surface area contributed by atoms with Crippen molar-refractivity contribution in [3.8, 4) is 0 Å². The van der Waals surface area contributed by atoms with Crippen LogP contribution in [0.1, 0.15) is 37.7 Å². The molecule has 1 amide bonds. The Morgan fingerprint density at radius 3 is 2.68 bits per heavy atom. The summed E-state index contributed by atoms with van der Waals surface area (Å²) in [5, 5.41) is 14.1. The normalized spacial score (nSPS) is 22.1. The lowest BCUT2D eigenvalue weighted by molar-refractivity contribution is -0.115. The summed E-state index contributed by atoms with van der Waals surface area (Å²) in [5.74, 6) is 1.13. The van der Waals surface area contributed by atoms with Crippen LogP contribution in [-0.2, 0) is 9.53 Å². The van der Waals surface area contributed by atoms with Crippen LogP contribution in [0.25, 0.3) is 11.7 Å². The SMILES string of the molecule is C=C1C/C(=C\c2cnn3c(NC4CC4)nc(NC4CCOCC4)nc23)C(=O)N1. The molecule has 0 unspecified atom stereocenters. The standard InChI is InChI=1S/C19H23N7O2/c1-11-8-12(17(27)21-11)9-13-10-20-26-16(13)24-18(22-15-4-6-28-7-5-15)25-19(26)23-14-2-3-14/h9-10,14-15H,1-8H2,(H,21,27)(H2,22,23,24,25)/b12-9+. The number of nitrogens with zero attached hydrogens (tertiary/aromatic N) is 4. The molecule has 2 aromatic heterocycles. The largest absolute Gasteiger partial charge is 0.381 e. The van der Waals surface area contributed by atoms with E-state index in [2.05, 4.69) is 32.6 Å². The minimum atomic E-state index is -0.115. The molecule has 146 valence electrons. The molecular weight excluding hydrogens is 358 g/mol. The lowest BCUT2D eigenvalue weighted by Gasteiger charge is -2.23. The number of allylic oxidation sites excluding steroid dienone is 1. The van der Waals surface area contributed by atoms with E-state index in [1.807, 2.05) is 6.08 Å². The fourth-order valence-electron chi connectivity index (χ4n) is 3.49. The molecule has 9 heteroatoms. The van der Waals surface area contributed by atoms with E-state index in [-0.39, 0.29) is 5.91 Å². The van der Waals surface area contributed by atoms with E-state index in [1.54, 1.807) is 10.7 Å². The number of nitrogens with one attached hydrogen (secondary N) is 3. The summed E-state index contributed by atoms with van der Waals surface area (Å²) in [6, 6.07) is 0.725.